The average Bonchev–Trinajstić information content (AvgIpc) is 3.04. The third-order valence-electron chi connectivity index (χ3n) is 8.67. The Labute approximate surface area is 291 Å². The lowest BCUT2D eigenvalue weighted by Crippen LogP contribution is -2.58. The van der Waals surface area contributed by atoms with E-state index in [2.05, 4.69) is 15.4 Å². The van der Waals surface area contributed by atoms with Crippen LogP contribution in [0.2, 0.25) is 0 Å². The van der Waals surface area contributed by atoms with Gasteiger partial charge in [0.15, 0.2) is 0 Å². The van der Waals surface area contributed by atoms with Gasteiger partial charge in [0.1, 0.15) is 23.2 Å². The van der Waals surface area contributed by atoms with Crippen LogP contribution in [0.15, 0.2) is 89.8 Å². The Hall–Kier alpha value is -4.44. The number of carbonyl (C=O) groups excluding carboxylic acids is 1. The van der Waals surface area contributed by atoms with Crippen LogP contribution in [0.5, 0.6) is 5.75 Å². The van der Waals surface area contributed by atoms with Gasteiger partial charge in [-0.05, 0) is 104 Å². The minimum atomic E-state index is -4.95. The van der Waals surface area contributed by atoms with E-state index in [1.807, 2.05) is 0 Å². The molecule has 0 aliphatic carbocycles. The quantitative estimate of drug-likeness (QED) is 0.154. The molecule has 0 saturated carbocycles. The Kier molecular flexibility index (Phi) is 11.4. The molecule has 15 heteroatoms. The number of halogens is 6. The third-order valence-corrected chi connectivity index (χ3v) is 10.7. The Morgan fingerprint density at radius 3 is 2.29 bits per heavy atom. The number of piperazine rings is 1. The number of benzene rings is 4. The van der Waals surface area contributed by atoms with Gasteiger partial charge >= 0.3 is 6.36 Å². The van der Waals surface area contributed by atoms with Crippen LogP contribution in [0.1, 0.15) is 41.5 Å². The molecule has 1 amide bonds. The van der Waals surface area contributed by atoms with Crippen LogP contribution in [0.25, 0.3) is 0 Å². The van der Waals surface area contributed by atoms with Gasteiger partial charge in [0.2, 0.25) is 15.9 Å². The predicted octanol–water partition coefficient (Wildman–Crippen LogP) is 6.39. The molecule has 1 aliphatic rings. The van der Waals surface area contributed by atoms with E-state index in [4.69, 9.17) is 5.73 Å². The van der Waals surface area contributed by atoms with E-state index in [1.165, 1.54) is 58.9 Å². The molecule has 4 aromatic rings. The summed E-state index contributed by atoms with van der Waals surface area (Å²) >= 11 is 0. The monoisotopic (exact) mass is 734 g/mol. The minimum absolute atomic E-state index is 0.0224. The lowest BCUT2D eigenvalue weighted by atomic mass is 9.84. The smallest absolute Gasteiger partial charge is 0.406 e. The van der Waals surface area contributed by atoms with Crippen molar-refractivity contribution in [2.75, 3.05) is 18.4 Å². The molecule has 1 fully saturated rings. The molecule has 0 aromatic heterocycles. The van der Waals surface area contributed by atoms with Gasteiger partial charge in [0, 0.05) is 42.3 Å². The van der Waals surface area contributed by atoms with E-state index in [0.717, 1.165) is 24.3 Å². The molecule has 4 unspecified atom stereocenters. The lowest BCUT2D eigenvalue weighted by molar-refractivity contribution is -0.274. The normalized spacial score (nSPS) is 18.2. The highest BCUT2D eigenvalue weighted by atomic mass is 32.2. The number of nitrogens with two attached hydrogens (primary N) is 1. The highest BCUT2D eigenvalue weighted by molar-refractivity contribution is 7.89. The number of aryl methyl sites for hydroxylation is 1. The topological polar surface area (TPSA) is 114 Å². The Bertz CT molecular complexity index is 1940. The van der Waals surface area contributed by atoms with Crippen LogP contribution in [0, 0.1) is 24.4 Å². The van der Waals surface area contributed by atoms with Gasteiger partial charge in [-0.25, -0.2) is 21.6 Å². The van der Waals surface area contributed by atoms with Crippen molar-refractivity contribution in [3.8, 4) is 5.75 Å². The van der Waals surface area contributed by atoms with E-state index in [9.17, 15) is 35.2 Å². The largest absolute Gasteiger partial charge is 0.573 e. The number of rotatable bonds is 11. The summed E-state index contributed by atoms with van der Waals surface area (Å²) in [6.07, 6.45) is -4.87. The summed E-state index contributed by atoms with van der Waals surface area (Å²) in [5, 5.41) is 5.85. The van der Waals surface area contributed by atoms with E-state index in [-0.39, 0.29) is 35.5 Å². The molecule has 0 radical (unpaired) electrons. The summed E-state index contributed by atoms with van der Waals surface area (Å²) in [6.45, 7) is 3.85. The number of ether oxygens (including phenoxy) is 1. The van der Waals surface area contributed by atoms with Crippen molar-refractivity contribution in [1.29, 1.82) is 0 Å². The Balaban J connectivity index is 1.37. The molecule has 1 aliphatic heterocycles. The molecule has 8 nitrogen and oxygen atoms in total. The second-order valence-corrected chi connectivity index (χ2v) is 14.3. The molecular formula is C36H36F6N4O4S. The fraction of sp³-hybridized carbons (Fsp3) is 0.306. The summed E-state index contributed by atoms with van der Waals surface area (Å²) in [6, 6.07) is 14.9. The van der Waals surface area contributed by atoms with Gasteiger partial charge in [-0.1, -0.05) is 24.3 Å². The predicted molar refractivity (Wildman–Crippen MR) is 179 cm³/mol. The van der Waals surface area contributed by atoms with Crippen molar-refractivity contribution in [3.05, 3.63) is 125 Å². The maximum atomic E-state index is 15.4. The molecule has 51 heavy (non-hydrogen) atoms. The molecule has 1 saturated heterocycles. The Morgan fingerprint density at radius 2 is 1.65 bits per heavy atom. The minimum Gasteiger partial charge on any atom is -0.406 e. The van der Waals surface area contributed by atoms with Gasteiger partial charge in [-0.15, -0.1) is 13.2 Å². The molecule has 272 valence electrons. The number of sulfonamides is 1. The van der Waals surface area contributed by atoms with Gasteiger partial charge in [0.25, 0.3) is 0 Å². The summed E-state index contributed by atoms with van der Waals surface area (Å²) < 4.78 is 114. The summed E-state index contributed by atoms with van der Waals surface area (Å²) in [4.78, 5) is 13.5. The number of hydrogen-bond acceptors (Lipinski definition) is 6. The SMILES string of the molecule is Cc1cc(F)cc(C(c2ccc(F)cc2)C(N)C(=O)Nc2cccc(F)c2CCC2CNCC(C)N2S(=O)(=O)c2ccc(OC(F)(F)F)cc2)c1. The number of alkyl halides is 3. The molecule has 4 aromatic carbocycles. The van der Waals surface area contributed by atoms with Gasteiger partial charge < -0.3 is 21.1 Å². The molecule has 4 atom stereocenters. The van der Waals surface area contributed by atoms with Gasteiger partial charge in [-0.2, -0.15) is 4.31 Å². The highest BCUT2D eigenvalue weighted by Gasteiger charge is 2.38. The van der Waals surface area contributed by atoms with Crippen LogP contribution in [-0.2, 0) is 21.2 Å². The number of nitrogens with zero attached hydrogens (tertiary/aromatic N) is 1. The molecular weight excluding hydrogens is 698 g/mol. The van der Waals surface area contributed by atoms with E-state index in [1.54, 1.807) is 19.9 Å². The zero-order chi connectivity index (χ0) is 37.1. The molecule has 4 N–H and O–H groups in total. The van der Waals surface area contributed by atoms with E-state index < -0.39 is 69.5 Å². The third kappa shape index (κ3) is 9.08. The first-order chi connectivity index (χ1) is 24.0. The van der Waals surface area contributed by atoms with Crippen molar-refractivity contribution < 1.29 is 44.3 Å². The van der Waals surface area contributed by atoms with E-state index in [0.29, 0.717) is 23.2 Å². The fourth-order valence-corrected chi connectivity index (χ4v) is 8.27. The summed E-state index contributed by atoms with van der Waals surface area (Å²) in [5.41, 5.74) is 8.08. The molecule has 0 bridgehead atoms. The number of anilines is 1. The zero-order valence-electron chi connectivity index (χ0n) is 27.6. The second-order valence-electron chi connectivity index (χ2n) is 12.4. The van der Waals surface area contributed by atoms with Gasteiger partial charge in [0.05, 0.1) is 10.9 Å². The number of nitrogens with one attached hydrogen (secondary N) is 2. The lowest BCUT2D eigenvalue weighted by Gasteiger charge is -2.40. The molecule has 0 spiro atoms. The second kappa shape index (κ2) is 15.4. The van der Waals surface area contributed by atoms with Crippen molar-refractivity contribution in [3.63, 3.8) is 0 Å². The van der Waals surface area contributed by atoms with Crippen LogP contribution >= 0.6 is 0 Å². The Morgan fingerprint density at radius 1 is 0.961 bits per heavy atom. The highest BCUT2D eigenvalue weighted by Crippen LogP contribution is 2.32. The van der Waals surface area contributed by atoms with Crippen molar-refractivity contribution in [2.24, 2.45) is 5.73 Å². The van der Waals surface area contributed by atoms with E-state index >= 15 is 4.39 Å². The van der Waals surface area contributed by atoms with Crippen molar-refractivity contribution in [1.82, 2.24) is 9.62 Å². The first-order valence-corrected chi connectivity index (χ1v) is 17.4. The maximum Gasteiger partial charge on any atom is 0.573 e. The van der Waals surface area contributed by atoms with Crippen LogP contribution in [0.4, 0.5) is 32.0 Å². The first-order valence-electron chi connectivity index (χ1n) is 16.0. The molecule has 1 heterocycles. The van der Waals surface area contributed by atoms with Crippen LogP contribution in [0.3, 0.4) is 0 Å². The van der Waals surface area contributed by atoms with Crippen LogP contribution < -0.4 is 21.1 Å². The fourth-order valence-electron chi connectivity index (χ4n) is 6.43. The summed E-state index contributed by atoms with van der Waals surface area (Å²) in [7, 11) is -4.22. The average molecular weight is 735 g/mol. The first kappa shape index (κ1) is 37.8. The standard InChI is InChI=1S/C36H36F6N4O4S/c1-21-16-24(18-26(38)17-21)33(23-6-8-25(37)9-7-23)34(43)35(47)45-32-5-3-4-31(39)30(32)15-10-27-20-44-19-22(2)46(27)51(48,49)29-13-11-28(12-14-29)50-36(40,41)42/h3-9,11-14,16-18,22,27,33-34,44H,10,15,19-20,43H2,1-2H3,(H,45,47). The number of amides is 1. The maximum absolute atomic E-state index is 15.4. The van der Waals surface area contributed by atoms with Crippen LogP contribution in [-0.4, -0.2) is 56.2 Å². The molecule has 5 rings (SSSR count). The number of carbonyl (C=O) groups is 1. The van der Waals surface area contributed by atoms with Crippen molar-refractivity contribution >= 4 is 21.6 Å². The summed E-state index contributed by atoms with van der Waals surface area (Å²) in [5.74, 6) is -3.93. The number of hydrogen-bond donors (Lipinski definition) is 3. The zero-order valence-corrected chi connectivity index (χ0v) is 28.4. The van der Waals surface area contributed by atoms with Gasteiger partial charge in [-0.3, -0.25) is 4.79 Å². The van der Waals surface area contributed by atoms with Crippen molar-refractivity contribution in [2.45, 2.75) is 62.0 Å².